The van der Waals surface area contributed by atoms with E-state index in [1.54, 1.807) is 12.1 Å². The predicted molar refractivity (Wildman–Crippen MR) is 149 cm³/mol. The van der Waals surface area contributed by atoms with Crippen LogP contribution in [-0.4, -0.2) is 48.9 Å². The van der Waals surface area contributed by atoms with Gasteiger partial charge >= 0.3 is 5.97 Å². The fourth-order valence-corrected chi connectivity index (χ4v) is 5.76. The molecule has 1 aliphatic rings. The zero-order valence-electron chi connectivity index (χ0n) is 22.3. The number of hydrogen-bond donors (Lipinski definition) is 0. The summed E-state index contributed by atoms with van der Waals surface area (Å²) in [5.74, 6) is -0.947. The number of ether oxygens (including phenoxy) is 3. The van der Waals surface area contributed by atoms with Crippen LogP contribution in [0, 0.1) is 5.92 Å². The number of rotatable bonds is 10. The summed E-state index contributed by atoms with van der Waals surface area (Å²) in [6, 6.07) is 9.08. The van der Waals surface area contributed by atoms with Crippen molar-refractivity contribution in [3.63, 3.8) is 0 Å². The Bertz CT molecular complexity index is 818. The molecule has 0 saturated carbocycles. The molecule has 2 unspecified atom stereocenters. The Morgan fingerprint density at radius 1 is 1.15 bits per heavy atom. The van der Waals surface area contributed by atoms with Crippen molar-refractivity contribution in [1.29, 1.82) is 0 Å². The molecule has 0 aliphatic carbocycles. The van der Waals surface area contributed by atoms with Crippen LogP contribution in [-0.2, 0) is 18.6 Å². The molecule has 1 aliphatic heterocycles. The number of halogens is 1. The predicted octanol–water partition coefficient (Wildman–Crippen LogP) is 7.16. The molecule has 0 radical (unpaired) electrons. The molecule has 34 heavy (non-hydrogen) atoms. The normalized spacial score (nSPS) is 23.6. The lowest BCUT2D eigenvalue weighted by atomic mass is 10.0. The molecular formula is C27H43IO5Si. The molecule has 0 amide bonds. The number of carbonyl (C=O) groups is 1. The van der Waals surface area contributed by atoms with Gasteiger partial charge in [0, 0.05) is 10.5 Å². The minimum atomic E-state index is -1.89. The second-order valence-electron chi connectivity index (χ2n) is 11.2. The van der Waals surface area contributed by atoms with Crippen LogP contribution in [0.2, 0.25) is 18.1 Å². The maximum Gasteiger partial charge on any atom is 0.338 e. The van der Waals surface area contributed by atoms with Crippen molar-refractivity contribution in [3.05, 3.63) is 48.0 Å². The summed E-state index contributed by atoms with van der Waals surface area (Å²) in [5, 5.41) is 0.145. The van der Waals surface area contributed by atoms with Gasteiger partial charge in [0.25, 0.3) is 0 Å². The minimum Gasteiger partial charge on any atom is -0.452 e. The molecule has 1 aromatic rings. The van der Waals surface area contributed by atoms with Crippen molar-refractivity contribution in [3.8, 4) is 0 Å². The first-order chi connectivity index (χ1) is 15.7. The lowest BCUT2D eigenvalue weighted by molar-refractivity contribution is -0.153. The molecule has 0 aromatic heterocycles. The third kappa shape index (κ3) is 8.15. The van der Waals surface area contributed by atoms with Crippen molar-refractivity contribution in [2.75, 3.05) is 4.43 Å². The maximum absolute atomic E-state index is 12.9. The quantitative estimate of drug-likeness (QED) is 0.0936. The summed E-state index contributed by atoms with van der Waals surface area (Å²) in [5.41, 5.74) is 0.521. The van der Waals surface area contributed by atoms with E-state index in [-0.39, 0.29) is 35.2 Å². The fraction of sp³-hybridized carbons (Fsp3) is 0.667. The van der Waals surface area contributed by atoms with Crippen LogP contribution in [0.1, 0.15) is 65.2 Å². The zero-order valence-corrected chi connectivity index (χ0v) is 25.4. The van der Waals surface area contributed by atoms with Crippen molar-refractivity contribution in [2.24, 2.45) is 5.92 Å². The third-order valence-electron chi connectivity index (χ3n) is 6.82. The van der Waals surface area contributed by atoms with Gasteiger partial charge in [0.2, 0.25) is 0 Å². The lowest BCUT2D eigenvalue weighted by Crippen LogP contribution is -2.44. The average molecular weight is 603 g/mol. The van der Waals surface area contributed by atoms with Gasteiger partial charge < -0.3 is 18.6 Å². The standard InChI is InChI=1S/C27H43IO5Si/c1-19(20(2)33-34(8,9)26(3,4)5)15-16-22(30-25(29)21-13-11-10-12-14-21)24-23(17-18-28)31-27(6,7)32-24/h10-16,19-20,22-24H,17-18H2,1-9H3/t19-,20+,22?,23+,24?/m1/s1. The molecule has 5 atom stereocenters. The second-order valence-corrected chi connectivity index (χ2v) is 17.0. The van der Waals surface area contributed by atoms with Crippen LogP contribution in [0.25, 0.3) is 0 Å². The minimum absolute atomic E-state index is 0.0462. The SMILES string of the molecule is C[C@H](C=CC(OC(=O)c1ccccc1)C1OC(C)(C)O[C@H]1CCI)[C@H](C)O[Si](C)(C)C(C)(C)C. The van der Waals surface area contributed by atoms with E-state index in [9.17, 15) is 4.79 Å². The van der Waals surface area contributed by atoms with Gasteiger partial charge in [0.15, 0.2) is 14.1 Å². The van der Waals surface area contributed by atoms with Gasteiger partial charge in [0.05, 0.1) is 11.7 Å². The molecule has 1 aromatic carbocycles. The summed E-state index contributed by atoms with van der Waals surface area (Å²) in [4.78, 5) is 12.9. The van der Waals surface area contributed by atoms with Gasteiger partial charge in [-0.25, -0.2) is 4.79 Å². The van der Waals surface area contributed by atoms with Crippen molar-refractivity contribution in [2.45, 2.75) is 103 Å². The Morgan fingerprint density at radius 3 is 2.32 bits per heavy atom. The highest BCUT2D eigenvalue weighted by molar-refractivity contribution is 14.1. The van der Waals surface area contributed by atoms with Gasteiger partial charge in [-0.05, 0) is 69.5 Å². The van der Waals surface area contributed by atoms with Crippen LogP contribution in [0.3, 0.4) is 0 Å². The van der Waals surface area contributed by atoms with E-state index < -0.39 is 20.2 Å². The van der Waals surface area contributed by atoms with Crippen LogP contribution in [0.4, 0.5) is 0 Å². The first kappa shape index (κ1) is 29.5. The first-order valence-corrected chi connectivity index (χ1v) is 16.6. The van der Waals surface area contributed by atoms with E-state index in [1.165, 1.54) is 0 Å². The van der Waals surface area contributed by atoms with Crippen LogP contribution >= 0.6 is 22.6 Å². The monoisotopic (exact) mass is 602 g/mol. The molecular weight excluding hydrogens is 559 g/mol. The number of benzene rings is 1. The highest BCUT2D eigenvalue weighted by atomic mass is 127. The summed E-state index contributed by atoms with van der Waals surface area (Å²) in [6.45, 7) is 19.4. The van der Waals surface area contributed by atoms with E-state index in [0.717, 1.165) is 10.8 Å². The largest absolute Gasteiger partial charge is 0.452 e. The molecule has 0 bridgehead atoms. The van der Waals surface area contributed by atoms with Gasteiger partial charge in [-0.3, -0.25) is 0 Å². The summed E-state index contributed by atoms with van der Waals surface area (Å²) >= 11 is 2.34. The summed E-state index contributed by atoms with van der Waals surface area (Å²) in [7, 11) is -1.89. The Balaban J connectivity index is 2.24. The molecule has 2 rings (SSSR count). The lowest BCUT2D eigenvalue weighted by Gasteiger charge is -2.39. The summed E-state index contributed by atoms with van der Waals surface area (Å²) < 4.78 is 25.9. The average Bonchev–Trinajstić information content (AvgIpc) is 3.04. The number of carbonyl (C=O) groups excluding carboxylic acids is 1. The van der Waals surface area contributed by atoms with Gasteiger partial charge in [-0.15, -0.1) is 0 Å². The highest BCUT2D eigenvalue weighted by Gasteiger charge is 2.45. The molecule has 7 heteroatoms. The van der Waals surface area contributed by atoms with Crippen molar-refractivity contribution < 1.29 is 23.4 Å². The van der Waals surface area contributed by atoms with E-state index >= 15 is 0 Å². The molecule has 192 valence electrons. The van der Waals surface area contributed by atoms with Gasteiger partial charge in [-0.2, -0.15) is 0 Å². The summed E-state index contributed by atoms with van der Waals surface area (Å²) in [6.07, 6.45) is 3.83. The Kier molecular flexibility index (Phi) is 10.4. The first-order valence-electron chi connectivity index (χ1n) is 12.2. The van der Waals surface area contributed by atoms with Gasteiger partial charge in [-0.1, -0.05) is 74.6 Å². The van der Waals surface area contributed by atoms with Crippen LogP contribution in [0.5, 0.6) is 0 Å². The molecule has 1 fully saturated rings. The van der Waals surface area contributed by atoms with Crippen LogP contribution in [0.15, 0.2) is 42.5 Å². The third-order valence-corrected chi connectivity index (χ3v) is 12.0. The zero-order chi connectivity index (χ0) is 25.7. The fourth-order valence-electron chi connectivity index (χ4n) is 3.64. The second kappa shape index (κ2) is 12.0. The van der Waals surface area contributed by atoms with Gasteiger partial charge in [0.1, 0.15) is 12.2 Å². The van der Waals surface area contributed by atoms with Crippen molar-refractivity contribution >= 4 is 36.9 Å². The molecule has 0 spiro atoms. The Hall–Kier alpha value is -0.743. The molecule has 1 saturated heterocycles. The maximum atomic E-state index is 12.9. The van der Waals surface area contributed by atoms with E-state index in [4.69, 9.17) is 18.6 Å². The van der Waals surface area contributed by atoms with E-state index in [2.05, 4.69) is 76.4 Å². The van der Waals surface area contributed by atoms with Crippen molar-refractivity contribution in [1.82, 2.24) is 0 Å². The topological polar surface area (TPSA) is 54.0 Å². The van der Waals surface area contributed by atoms with Crippen LogP contribution < -0.4 is 0 Å². The molecule has 0 N–H and O–H groups in total. The smallest absolute Gasteiger partial charge is 0.338 e. The van der Waals surface area contributed by atoms with E-state index in [0.29, 0.717) is 5.56 Å². The molecule has 1 heterocycles. The number of hydrogen-bond acceptors (Lipinski definition) is 5. The molecule has 5 nitrogen and oxygen atoms in total. The highest BCUT2D eigenvalue weighted by Crippen LogP contribution is 2.38. The van der Waals surface area contributed by atoms with E-state index in [1.807, 2.05) is 38.1 Å². The number of alkyl halides is 1. The number of esters is 1. The Morgan fingerprint density at radius 2 is 1.76 bits per heavy atom. The Labute approximate surface area is 221 Å².